The number of carbonyl (C=O) groups is 2. The van der Waals surface area contributed by atoms with Crippen molar-refractivity contribution in [2.75, 3.05) is 0 Å². The van der Waals surface area contributed by atoms with Crippen LogP contribution in [0, 0.1) is 0 Å². The number of hydrogen-bond donors (Lipinski definition) is 1. The van der Waals surface area contributed by atoms with Gasteiger partial charge in [0.2, 0.25) is 0 Å². The molecule has 0 saturated heterocycles. The molecule has 1 aromatic heterocycles. The summed E-state index contributed by atoms with van der Waals surface area (Å²) in [6.07, 6.45) is 1.45. The van der Waals surface area contributed by atoms with Gasteiger partial charge in [0.1, 0.15) is 0 Å². The van der Waals surface area contributed by atoms with Gasteiger partial charge in [-0.05, 0) is 39.0 Å². The van der Waals surface area contributed by atoms with Crippen LogP contribution in [0.25, 0.3) is 0 Å². The predicted octanol–water partition coefficient (Wildman–Crippen LogP) is 2.95. The van der Waals surface area contributed by atoms with E-state index >= 15 is 0 Å². The fraction of sp³-hybridized carbons (Fsp3) is 0.278. The fourth-order valence-electron chi connectivity index (χ4n) is 2.23. The number of nitrogens with zero attached hydrogens (tertiary/aromatic N) is 1. The lowest BCUT2D eigenvalue weighted by molar-refractivity contribution is -0.124. The molecule has 24 heavy (non-hydrogen) atoms. The molecule has 1 amide bonds. The summed E-state index contributed by atoms with van der Waals surface area (Å²) in [5.41, 5.74) is -0.562. The number of Topliss-reactive ketones (excluding diaryl/α,β-unsaturated/α-hetero) is 1. The van der Waals surface area contributed by atoms with Crippen molar-refractivity contribution in [3.63, 3.8) is 0 Å². The highest BCUT2D eigenvalue weighted by atomic mass is 79.9. The van der Waals surface area contributed by atoms with Crippen molar-refractivity contribution in [1.82, 2.24) is 9.88 Å². The van der Waals surface area contributed by atoms with Crippen molar-refractivity contribution in [3.8, 4) is 0 Å². The van der Waals surface area contributed by atoms with Crippen molar-refractivity contribution in [1.29, 1.82) is 0 Å². The Bertz CT molecular complexity index is 804. The highest BCUT2D eigenvalue weighted by Gasteiger charge is 2.32. The average molecular weight is 391 g/mol. The summed E-state index contributed by atoms with van der Waals surface area (Å²) in [6.45, 7) is 5.46. The van der Waals surface area contributed by atoms with E-state index in [1.165, 1.54) is 12.3 Å². The number of halogens is 1. The molecule has 126 valence electrons. The fourth-order valence-corrected chi connectivity index (χ4v) is 2.50. The van der Waals surface area contributed by atoms with Crippen molar-refractivity contribution in [3.05, 3.63) is 69.1 Å². The number of hydrogen-bond acceptors (Lipinski definition) is 3. The van der Waals surface area contributed by atoms with Gasteiger partial charge < -0.3 is 5.32 Å². The van der Waals surface area contributed by atoms with Gasteiger partial charge in [0.15, 0.2) is 11.8 Å². The summed E-state index contributed by atoms with van der Waals surface area (Å²) in [6, 6.07) is 9.95. The maximum Gasteiger partial charge on any atom is 0.251 e. The Hall–Kier alpha value is -2.21. The molecule has 0 spiro atoms. The maximum absolute atomic E-state index is 12.9. The van der Waals surface area contributed by atoms with E-state index < -0.39 is 28.8 Å². The van der Waals surface area contributed by atoms with E-state index in [4.69, 9.17) is 0 Å². The highest BCUT2D eigenvalue weighted by Crippen LogP contribution is 2.18. The molecule has 1 N–H and O–H groups in total. The van der Waals surface area contributed by atoms with Gasteiger partial charge >= 0.3 is 0 Å². The lowest BCUT2D eigenvalue weighted by Crippen LogP contribution is -2.48. The molecular weight excluding hydrogens is 372 g/mol. The van der Waals surface area contributed by atoms with Gasteiger partial charge in [-0.25, -0.2) is 0 Å². The smallest absolute Gasteiger partial charge is 0.251 e. The van der Waals surface area contributed by atoms with E-state index in [0.717, 1.165) is 9.04 Å². The first-order valence-corrected chi connectivity index (χ1v) is 8.27. The number of aromatic nitrogens is 1. The Balaban J connectivity index is 2.48. The van der Waals surface area contributed by atoms with Crippen molar-refractivity contribution < 1.29 is 9.59 Å². The Morgan fingerprint density at radius 1 is 1.08 bits per heavy atom. The molecule has 2 aromatic rings. The Morgan fingerprint density at radius 2 is 1.71 bits per heavy atom. The normalized spacial score (nSPS) is 12.5. The van der Waals surface area contributed by atoms with Crippen LogP contribution < -0.4 is 10.9 Å². The van der Waals surface area contributed by atoms with Gasteiger partial charge in [-0.2, -0.15) is 0 Å². The van der Waals surface area contributed by atoms with Gasteiger partial charge in [-0.1, -0.05) is 34.1 Å². The van der Waals surface area contributed by atoms with E-state index in [2.05, 4.69) is 21.2 Å². The minimum absolute atomic E-state index is 0.364. The molecule has 1 atom stereocenters. The van der Waals surface area contributed by atoms with Crippen LogP contribution in [0.2, 0.25) is 0 Å². The largest absolute Gasteiger partial charge is 0.349 e. The molecule has 5 nitrogen and oxygen atoms in total. The third-order valence-electron chi connectivity index (χ3n) is 3.25. The highest BCUT2D eigenvalue weighted by molar-refractivity contribution is 9.10. The molecule has 0 saturated carbocycles. The van der Waals surface area contributed by atoms with E-state index in [9.17, 15) is 14.4 Å². The lowest BCUT2D eigenvalue weighted by Gasteiger charge is -2.25. The molecule has 0 fully saturated rings. The molecule has 2 rings (SSSR count). The third-order valence-corrected chi connectivity index (χ3v) is 3.78. The number of pyridine rings is 1. The average Bonchev–Trinajstić information content (AvgIpc) is 2.48. The first kappa shape index (κ1) is 18.1. The number of carbonyl (C=O) groups excluding carboxylic acids is 2. The van der Waals surface area contributed by atoms with Crippen molar-refractivity contribution >= 4 is 27.6 Å². The maximum atomic E-state index is 12.9. The summed E-state index contributed by atoms with van der Waals surface area (Å²) >= 11 is 3.31. The molecule has 1 aromatic carbocycles. The lowest BCUT2D eigenvalue weighted by atomic mass is 10.0. The third kappa shape index (κ3) is 4.41. The summed E-state index contributed by atoms with van der Waals surface area (Å²) in [4.78, 5) is 37.7. The van der Waals surface area contributed by atoms with Crippen LogP contribution in [0.15, 0.2) is 57.9 Å². The first-order chi connectivity index (χ1) is 11.2. The Labute approximate surface area is 148 Å². The van der Waals surface area contributed by atoms with Crippen molar-refractivity contribution in [2.24, 2.45) is 0 Å². The predicted molar refractivity (Wildman–Crippen MR) is 96.1 cm³/mol. The molecule has 0 radical (unpaired) electrons. The number of nitrogens with one attached hydrogen (secondary N) is 1. The van der Waals surface area contributed by atoms with Crippen LogP contribution in [0.1, 0.15) is 37.2 Å². The number of rotatable bonds is 4. The standard InChI is InChI=1S/C18H19BrN2O3/c1-18(2,3)20-17(24)15(21-11-5-4-6-14(21)22)16(23)12-7-9-13(19)10-8-12/h4-11,15H,1-3H3,(H,20,24). The number of ketones is 1. The summed E-state index contributed by atoms with van der Waals surface area (Å²) < 4.78 is 1.98. The molecule has 0 aliphatic rings. The minimum atomic E-state index is -1.25. The minimum Gasteiger partial charge on any atom is -0.349 e. The second-order valence-corrected chi connectivity index (χ2v) is 7.37. The van der Waals surface area contributed by atoms with E-state index in [-0.39, 0.29) is 0 Å². The number of benzene rings is 1. The zero-order valence-electron chi connectivity index (χ0n) is 13.7. The van der Waals surface area contributed by atoms with Crippen LogP contribution in [0.5, 0.6) is 0 Å². The Kier molecular flexibility index (Phi) is 5.39. The van der Waals surface area contributed by atoms with Crippen molar-refractivity contribution in [2.45, 2.75) is 32.4 Å². The molecule has 6 heteroatoms. The molecule has 0 bridgehead atoms. The molecule has 1 heterocycles. The molecule has 1 unspecified atom stereocenters. The SMILES string of the molecule is CC(C)(C)NC(=O)C(C(=O)c1ccc(Br)cc1)n1ccccc1=O. The van der Waals surface area contributed by atoms with Crippen LogP contribution >= 0.6 is 15.9 Å². The van der Waals surface area contributed by atoms with E-state index in [1.807, 2.05) is 20.8 Å². The first-order valence-electron chi connectivity index (χ1n) is 7.48. The van der Waals surface area contributed by atoms with Gasteiger partial charge in [0.25, 0.3) is 11.5 Å². The van der Waals surface area contributed by atoms with E-state index in [1.54, 1.807) is 36.4 Å². The molecular formula is C18H19BrN2O3. The topological polar surface area (TPSA) is 68.2 Å². The zero-order valence-corrected chi connectivity index (χ0v) is 15.3. The van der Waals surface area contributed by atoms with E-state index in [0.29, 0.717) is 5.56 Å². The summed E-state index contributed by atoms with van der Waals surface area (Å²) in [5, 5.41) is 2.78. The summed E-state index contributed by atoms with van der Waals surface area (Å²) in [5.74, 6) is -0.943. The van der Waals surface area contributed by atoms with Gasteiger partial charge in [0, 0.05) is 27.8 Å². The van der Waals surface area contributed by atoms with Crippen LogP contribution in [-0.4, -0.2) is 21.8 Å². The quantitative estimate of drug-likeness (QED) is 0.644. The Morgan fingerprint density at radius 3 is 2.25 bits per heavy atom. The monoisotopic (exact) mass is 390 g/mol. The zero-order chi connectivity index (χ0) is 17.9. The molecule has 0 aliphatic carbocycles. The van der Waals surface area contributed by atoms with Gasteiger partial charge in [0.05, 0.1) is 0 Å². The second kappa shape index (κ2) is 7.13. The van der Waals surface area contributed by atoms with Crippen LogP contribution in [0.3, 0.4) is 0 Å². The van der Waals surface area contributed by atoms with Crippen LogP contribution in [0.4, 0.5) is 0 Å². The van der Waals surface area contributed by atoms with Crippen LogP contribution in [-0.2, 0) is 4.79 Å². The van der Waals surface area contributed by atoms with Gasteiger partial charge in [-0.15, -0.1) is 0 Å². The molecule has 0 aliphatic heterocycles. The second-order valence-electron chi connectivity index (χ2n) is 6.46. The van der Waals surface area contributed by atoms with Gasteiger partial charge in [-0.3, -0.25) is 19.0 Å². The summed E-state index contributed by atoms with van der Waals surface area (Å²) in [7, 11) is 0. The number of amides is 1.